The van der Waals surface area contributed by atoms with Crippen LogP contribution in [0.3, 0.4) is 0 Å². The maximum Gasteiger partial charge on any atom is 0.113 e. The Morgan fingerprint density at radius 2 is 2.60 bits per heavy atom. The summed E-state index contributed by atoms with van der Waals surface area (Å²) in [5.74, 6) is 0. The van der Waals surface area contributed by atoms with Gasteiger partial charge in [-0.15, -0.1) is 11.3 Å². The van der Waals surface area contributed by atoms with Crippen molar-refractivity contribution in [3.63, 3.8) is 0 Å². The van der Waals surface area contributed by atoms with Gasteiger partial charge in [-0.2, -0.15) is 0 Å². The third-order valence-electron chi connectivity index (χ3n) is 3.23. The molecular weight excluding hydrogens is 208 g/mol. The number of rotatable bonds is 3. The Kier molecular flexibility index (Phi) is 3.38. The number of nitrogens with zero attached hydrogens (tertiary/aromatic N) is 1. The third-order valence-corrected chi connectivity index (χ3v) is 4.21. The Bertz CT molecular complexity index is 302. The molecule has 15 heavy (non-hydrogen) atoms. The van der Waals surface area contributed by atoms with E-state index in [4.69, 9.17) is 4.74 Å². The van der Waals surface area contributed by atoms with E-state index in [1.54, 1.807) is 11.3 Å². The zero-order chi connectivity index (χ0) is 10.7. The highest BCUT2D eigenvalue weighted by molar-refractivity contribution is 7.09. The number of thiazole rings is 1. The second-order valence-corrected chi connectivity index (χ2v) is 4.92. The largest absolute Gasteiger partial charge is 0.378 e. The van der Waals surface area contributed by atoms with Crippen molar-refractivity contribution in [2.75, 3.05) is 13.7 Å². The lowest BCUT2D eigenvalue weighted by Gasteiger charge is -2.39. The predicted molar refractivity (Wildman–Crippen MR) is 62.1 cm³/mol. The molecule has 1 N–H and O–H groups in total. The molecule has 0 aliphatic carbocycles. The van der Waals surface area contributed by atoms with Crippen LogP contribution in [-0.2, 0) is 10.3 Å². The number of hydrogen-bond donors (Lipinski definition) is 1. The normalized spacial score (nSPS) is 31.7. The van der Waals surface area contributed by atoms with E-state index in [1.807, 2.05) is 18.6 Å². The Morgan fingerprint density at radius 1 is 1.73 bits per heavy atom. The molecule has 3 nitrogen and oxygen atoms in total. The number of ether oxygens (including phenoxy) is 1. The van der Waals surface area contributed by atoms with Crippen LogP contribution in [0.25, 0.3) is 0 Å². The van der Waals surface area contributed by atoms with Gasteiger partial charge in [0.05, 0.1) is 11.6 Å². The first-order valence-corrected chi connectivity index (χ1v) is 6.39. The zero-order valence-corrected chi connectivity index (χ0v) is 10.1. The fourth-order valence-electron chi connectivity index (χ4n) is 2.20. The van der Waals surface area contributed by atoms with Gasteiger partial charge in [0.1, 0.15) is 5.01 Å². The average molecular weight is 226 g/mol. The summed E-state index contributed by atoms with van der Waals surface area (Å²) in [6, 6.07) is 0. The zero-order valence-electron chi connectivity index (χ0n) is 9.32. The molecule has 1 aliphatic rings. The summed E-state index contributed by atoms with van der Waals surface area (Å²) < 4.78 is 5.72. The highest BCUT2D eigenvalue weighted by Crippen LogP contribution is 2.36. The van der Waals surface area contributed by atoms with Crippen LogP contribution < -0.4 is 5.32 Å². The topological polar surface area (TPSA) is 34.2 Å². The van der Waals surface area contributed by atoms with Crippen LogP contribution in [0.4, 0.5) is 0 Å². The second-order valence-electron chi connectivity index (χ2n) is 4.02. The molecule has 4 heteroatoms. The molecule has 2 unspecified atom stereocenters. The lowest BCUT2D eigenvalue weighted by atomic mass is 9.86. The van der Waals surface area contributed by atoms with E-state index in [1.165, 1.54) is 5.01 Å². The Morgan fingerprint density at radius 3 is 3.20 bits per heavy atom. The van der Waals surface area contributed by atoms with E-state index in [-0.39, 0.29) is 5.54 Å². The average Bonchev–Trinajstić information content (AvgIpc) is 2.83. The molecular formula is C11H18N2OS. The smallest absolute Gasteiger partial charge is 0.113 e. The number of hydrogen-bond acceptors (Lipinski definition) is 4. The molecule has 1 saturated heterocycles. The molecule has 0 amide bonds. The summed E-state index contributed by atoms with van der Waals surface area (Å²) in [7, 11) is 2.03. The minimum atomic E-state index is 0.0487. The molecule has 2 rings (SSSR count). The fraction of sp³-hybridized carbons (Fsp3) is 0.727. The van der Waals surface area contributed by atoms with Crippen molar-refractivity contribution in [2.45, 2.75) is 37.8 Å². The van der Waals surface area contributed by atoms with Crippen LogP contribution in [0.5, 0.6) is 0 Å². The van der Waals surface area contributed by atoms with Crippen molar-refractivity contribution in [1.29, 1.82) is 0 Å². The molecule has 2 heterocycles. The second kappa shape index (κ2) is 4.60. The van der Waals surface area contributed by atoms with Gasteiger partial charge in [-0.1, -0.05) is 6.92 Å². The number of nitrogens with one attached hydrogen (secondary N) is 1. The van der Waals surface area contributed by atoms with Gasteiger partial charge in [-0.3, -0.25) is 0 Å². The summed E-state index contributed by atoms with van der Waals surface area (Å²) in [5, 5.41) is 6.70. The Balaban J connectivity index is 2.21. The third kappa shape index (κ3) is 2.07. The van der Waals surface area contributed by atoms with Gasteiger partial charge in [0.15, 0.2) is 0 Å². The minimum Gasteiger partial charge on any atom is -0.378 e. The van der Waals surface area contributed by atoms with E-state index in [2.05, 4.69) is 17.2 Å². The van der Waals surface area contributed by atoms with Gasteiger partial charge >= 0.3 is 0 Å². The van der Waals surface area contributed by atoms with Gasteiger partial charge in [0.2, 0.25) is 0 Å². The van der Waals surface area contributed by atoms with Crippen LogP contribution in [-0.4, -0.2) is 24.7 Å². The lowest BCUT2D eigenvalue weighted by Crippen LogP contribution is -2.47. The summed E-state index contributed by atoms with van der Waals surface area (Å²) in [6.07, 6.45) is 5.39. The van der Waals surface area contributed by atoms with Gasteiger partial charge in [-0.05, 0) is 26.3 Å². The lowest BCUT2D eigenvalue weighted by molar-refractivity contribution is -0.0303. The summed E-state index contributed by atoms with van der Waals surface area (Å²) in [5.41, 5.74) is 0.0487. The van der Waals surface area contributed by atoms with E-state index >= 15 is 0 Å². The molecule has 0 saturated carbocycles. The van der Waals surface area contributed by atoms with Crippen molar-refractivity contribution < 1.29 is 4.74 Å². The fourth-order valence-corrected chi connectivity index (χ4v) is 3.09. The first kappa shape index (κ1) is 11.0. The van der Waals surface area contributed by atoms with Crippen molar-refractivity contribution in [2.24, 2.45) is 0 Å². The standard InChI is InChI=1S/C11H18N2OS/c1-3-9-8-11(12-2,4-6-14-9)10-13-5-7-15-10/h5,7,9,12H,3-4,6,8H2,1-2H3. The molecule has 0 radical (unpaired) electrons. The molecule has 1 aliphatic heterocycles. The molecule has 0 spiro atoms. The van der Waals surface area contributed by atoms with Gasteiger partial charge in [-0.25, -0.2) is 4.98 Å². The van der Waals surface area contributed by atoms with Gasteiger partial charge in [0.25, 0.3) is 0 Å². The molecule has 0 bridgehead atoms. The monoisotopic (exact) mass is 226 g/mol. The van der Waals surface area contributed by atoms with Crippen molar-refractivity contribution >= 4 is 11.3 Å². The first-order chi connectivity index (χ1) is 7.30. The molecule has 1 aromatic rings. The van der Waals surface area contributed by atoms with E-state index in [0.29, 0.717) is 6.10 Å². The van der Waals surface area contributed by atoms with Crippen LogP contribution >= 0.6 is 11.3 Å². The van der Waals surface area contributed by atoms with Crippen molar-refractivity contribution in [3.8, 4) is 0 Å². The predicted octanol–water partition coefficient (Wildman–Crippen LogP) is 2.15. The van der Waals surface area contributed by atoms with Crippen LogP contribution in [0.1, 0.15) is 31.2 Å². The van der Waals surface area contributed by atoms with E-state index < -0.39 is 0 Å². The summed E-state index contributed by atoms with van der Waals surface area (Å²) >= 11 is 1.74. The van der Waals surface area contributed by atoms with Gasteiger partial charge in [0, 0.05) is 18.2 Å². The van der Waals surface area contributed by atoms with E-state index in [9.17, 15) is 0 Å². The van der Waals surface area contributed by atoms with E-state index in [0.717, 1.165) is 25.9 Å². The van der Waals surface area contributed by atoms with Gasteiger partial charge < -0.3 is 10.1 Å². The highest BCUT2D eigenvalue weighted by Gasteiger charge is 2.38. The maximum atomic E-state index is 5.72. The minimum absolute atomic E-state index is 0.0487. The Hall–Kier alpha value is -0.450. The quantitative estimate of drug-likeness (QED) is 0.857. The highest BCUT2D eigenvalue weighted by atomic mass is 32.1. The molecule has 1 fully saturated rings. The molecule has 84 valence electrons. The maximum absolute atomic E-state index is 5.72. The summed E-state index contributed by atoms with van der Waals surface area (Å²) in [4.78, 5) is 4.45. The van der Waals surface area contributed by atoms with Crippen LogP contribution in [0.2, 0.25) is 0 Å². The van der Waals surface area contributed by atoms with Crippen molar-refractivity contribution in [1.82, 2.24) is 10.3 Å². The molecule has 2 atom stereocenters. The Labute approximate surface area is 94.9 Å². The van der Waals surface area contributed by atoms with Crippen LogP contribution in [0, 0.1) is 0 Å². The first-order valence-electron chi connectivity index (χ1n) is 5.51. The molecule has 1 aromatic heterocycles. The van der Waals surface area contributed by atoms with Crippen molar-refractivity contribution in [3.05, 3.63) is 16.6 Å². The summed E-state index contributed by atoms with van der Waals surface area (Å²) in [6.45, 7) is 3.01. The number of aromatic nitrogens is 1. The van der Waals surface area contributed by atoms with Crippen LogP contribution in [0.15, 0.2) is 11.6 Å². The molecule has 0 aromatic carbocycles. The SMILES string of the molecule is CCC1CC(NC)(c2nccs2)CCO1.